The lowest BCUT2D eigenvalue weighted by atomic mass is 9.67. The molecule has 0 bridgehead atoms. The van der Waals surface area contributed by atoms with E-state index >= 15 is 0 Å². The Balaban J connectivity index is 0.904. The summed E-state index contributed by atoms with van der Waals surface area (Å²) >= 11 is 0. The van der Waals surface area contributed by atoms with Crippen LogP contribution < -0.4 is 9.80 Å². The molecule has 12 aromatic carbocycles. The Bertz CT molecular complexity index is 4470. The Morgan fingerprint density at radius 2 is 0.645 bits per heavy atom. The van der Waals surface area contributed by atoms with Crippen LogP contribution in [0.15, 0.2) is 224 Å². The highest BCUT2D eigenvalue weighted by Gasteiger charge is 2.39. The zero-order chi connectivity index (χ0) is 51.4. The predicted molar refractivity (Wildman–Crippen MR) is 323 cm³/mol. The second-order valence-electron chi connectivity index (χ2n) is 23.3. The summed E-state index contributed by atoms with van der Waals surface area (Å²) in [4.78, 5) is 4.98. The molecule has 364 valence electrons. The van der Waals surface area contributed by atoms with Crippen LogP contribution >= 0.6 is 0 Å². The largest absolute Gasteiger partial charge is 0.310 e. The number of aryl methyl sites for hydroxylation is 1. The zero-order valence-electron chi connectivity index (χ0n) is 44.3. The van der Waals surface area contributed by atoms with E-state index in [0.29, 0.717) is 0 Å². The van der Waals surface area contributed by atoms with Crippen LogP contribution in [-0.4, -0.2) is 0 Å². The summed E-state index contributed by atoms with van der Waals surface area (Å²) in [5, 5.41) is 10.1. The average molecular weight is 975 g/mol. The lowest BCUT2D eigenvalue weighted by Crippen LogP contribution is -2.25. The lowest BCUT2D eigenvalue weighted by molar-refractivity contribution is 0.645. The smallest absolute Gasteiger partial charge is 0.0468 e. The van der Waals surface area contributed by atoms with Crippen molar-refractivity contribution in [3.8, 4) is 33.4 Å². The van der Waals surface area contributed by atoms with Crippen molar-refractivity contribution in [1.29, 1.82) is 0 Å². The molecule has 2 nitrogen and oxygen atoms in total. The molecule has 0 unspecified atom stereocenters. The maximum Gasteiger partial charge on any atom is 0.0468 e. The van der Waals surface area contributed by atoms with Crippen LogP contribution in [0.2, 0.25) is 0 Å². The number of rotatable bonds is 6. The summed E-state index contributed by atoms with van der Waals surface area (Å²) in [5.74, 6) is 0. The quantitative estimate of drug-likeness (QED) is 0.153. The van der Waals surface area contributed by atoms with Crippen molar-refractivity contribution in [3.63, 3.8) is 0 Å². The van der Waals surface area contributed by atoms with E-state index in [1.807, 2.05) is 0 Å². The van der Waals surface area contributed by atoms with E-state index < -0.39 is 0 Å². The minimum absolute atomic E-state index is 0.126. The van der Waals surface area contributed by atoms with E-state index in [1.54, 1.807) is 0 Å². The van der Waals surface area contributed by atoms with E-state index in [-0.39, 0.29) is 16.2 Å². The van der Waals surface area contributed by atoms with Gasteiger partial charge in [0, 0.05) is 50.4 Å². The standard InChI is InChI=1S/C74H58N2/c1-45-56-35-31-52(75(50-29-27-46-17-8-10-19-48(46)39-50)53-32-36-59-57-21-12-14-24-64(57)72(2,3)67(59)42-53)41-63(56)61-23-16-26-66-71(61)70(45)62-38-34-55(44-69(62)74(66,6)7)76(51-30-28-47-18-9-11-20-49(47)40-51)54-33-37-60-58-22-13-15-25-65(58)73(4,5)68(60)43-54/h8-44H,1-7H3. The van der Waals surface area contributed by atoms with Crippen LogP contribution in [0.1, 0.15) is 80.5 Å². The minimum atomic E-state index is -0.307. The van der Waals surface area contributed by atoms with Crippen molar-refractivity contribution in [1.82, 2.24) is 0 Å². The molecule has 3 aliphatic rings. The van der Waals surface area contributed by atoms with Gasteiger partial charge in [-0.1, -0.05) is 193 Å². The zero-order valence-corrected chi connectivity index (χ0v) is 44.3. The van der Waals surface area contributed by atoms with Crippen LogP contribution in [0.4, 0.5) is 34.1 Å². The molecule has 0 atom stereocenters. The van der Waals surface area contributed by atoms with Gasteiger partial charge in [-0.3, -0.25) is 0 Å². The highest BCUT2D eigenvalue weighted by atomic mass is 15.1. The van der Waals surface area contributed by atoms with Crippen molar-refractivity contribution in [2.24, 2.45) is 0 Å². The van der Waals surface area contributed by atoms with Gasteiger partial charge in [0.1, 0.15) is 0 Å². The molecule has 0 saturated heterocycles. The van der Waals surface area contributed by atoms with Crippen molar-refractivity contribution in [3.05, 3.63) is 263 Å². The average Bonchev–Trinajstić information content (AvgIpc) is 3.97. The van der Waals surface area contributed by atoms with E-state index in [0.717, 1.165) is 34.1 Å². The minimum Gasteiger partial charge on any atom is -0.310 e. The molecule has 0 saturated carbocycles. The lowest BCUT2D eigenvalue weighted by Gasteiger charge is -2.38. The van der Waals surface area contributed by atoms with Gasteiger partial charge in [0.05, 0.1) is 0 Å². The Hall–Kier alpha value is -8.72. The molecule has 0 aromatic heterocycles. The van der Waals surface area contributed by atoms with Gasteiger partial charge in [-0.15, -0.1) is 0 Å². The van der Waals surface area contributed by atoms with Gasteiger partial charge in [0.2, 0.25) is 0 Å². The second kappa shape index (κ2) is 15.9. The Kier molecular flexibility index (Phi) is 9.36. The third-order valence-electron chi connectivity index (χ3n) is 18.2. The van der Waals surface area contributed by atoms with Gasteiger partial charge in [-0.2, -0.15) is 0 Å². The predicted octanol–water partition coefficient (Wildman–Crippen LogP) is 20.5. The van der Waals surface area contributed by atoms with E-state index in [4.69, 9.17) is 0 Å². The maximum atomic E-state index is 2.50. The highest BCUT2D eigenvalue weighted by molar-refractivity contribution is 6.19. The molecule has 0 N–H and O–H groups in total. The van der Waals surface area contributed by atoms with Crippen molar-refractivity contribution < 1.29 is 0 Å². The molecule has 2 heteroatoms. The van der Waals surface area contributed by atoms with Crippen molar-refractivity contribution in [2.45, 2.75) is 64.7 Å². The van der Waals surface area contributed by atoms with Gasteiger partial charge in [0.25, 0.3) is 0 Å². The molecule has 12 aromatic rings. The monoisotopic (exact) mass is 974 g/mol. The topological polar surface area (TPSA) is 6.48 Å². The van der Waals surface area contributed by atoms with Crippen molar-refractivity contribution >= 4 is 77.2 Å². The summed E-state index contributed by atoms with van der Waals surface area (Å²) < 4.78 is 0. The molecule has 0 spiro atoms. The summed E-state index contributed by atoms with van der Waals surface area (Å²) in [7, 11) is 0. The van der Waals surface area contributed by atoms with Crippen LogP contribution in [-0.2, 0) is 16.2 Å². The number of benzene rings is 12. The molecule has 0 amide bonds. The third-order valence-corrected chi connectivity index (χ3v) is 18.2. The van der Waals surface area contributed by atoms with E-state index in [2.05, 4.69) is 283 Å². The number of fused-ring (bicyclic) bond motifs is 12. The molecule has 3 aliphatic carbocycles. The molecule has 0 fully saturated rings. The first-order valence-electron chi connectivity index (χ1n) is 27.1. The summed E-state index contributed by atoms with van der Waals surface area (Å²) in [5.41, 5.74) is 23.8. The second-order valence-corrected chi connectivity index (χ2v) is 23.3. The summed E-state index contributed by atoms with van der Waals surface area (Å²) in [6, 6.07) is 85.0. The number of anilines is 6. The Morgan fingerprint density at radius 3 is 1.18 bits per heavy atom. The van der Waals surface area contributed by atoms with Gasteiger partial charge >= 0.3 is 0 Å². The van der Waals surface area contributed by atoms with Crippen LogP contribution in [0, 0.1) is 6.92 Å². The summed E-state index contributed by atoms with van der Waals surface area (Å²) in [6.45, 7) is 16.7. The number of hydrogen-bond donors (Lipinski definition) is 0. The molecule has 76 heavy (non-hydrogen) atoms. The van der Waals surface area contributed by atoms with Gasteiger partial charge in [-0.25, -0.2) is 0 Å². The normalized spacial score (nSPS) is 14.8. The fourth-order valence-corrected chi connectivity index (χ4v) is 14.2. The fraction of sp³-hybridized carbons (Fsp3) is 0.135. The van der Waals surface area contributed by atoms with E-state index in [1.165, 1.54) is 115 Å². The van der Waals surface area contributed by atoms with E-state index in [9.17, 15) is 0 Å². The molecule has 0 radical (unpaired) electrons. The first-order chi connectivity index (χ1) is 36.9. The van der Waals surface area contributed by atoms with Gasteiger partial charge < -0.3 is 9.80 Å². The maximum absolute atomic E-state index is 2.50. The van der Waals surface area contributed by atoms with Gasteiger partial charge in [-0.05, 0) is 195 Å². The van der Waals surface area contributed by atoms with Crippen LogP contribution in [0.5, 0.6) is 0 Å². The number of hydrogen-bond acceptors (Lipinski definition) is 2. The third kappa shape index (κ3) is 6.28. The highest BCUT2D eigenvalue weighted by Crippen LogP contribution is 2.56. The SMILES string of the molecule is Cc1c2c3c(cccc3c3cc(N(c4ccc5c(c4)C(C)(C)c4ccccc4-5)c4ccc5ccccc5c4)ccc13)C(C)(C)c1cc(N(c3ccc4c(c3)C(C)(C)c3ccccc3-4)c3ccc4ccccc4c3)ccc1-2. The number of nitrogens with zero attached hydrogens (tertiary/aromatic N) is 2. The van der Waals surface area contributed by atoms with Gasteiger partial charge in [0.15, 0.2) is 0 Å². The summed E-state index contributed by atoms with van der Waals surface area (Å²) in [6.07, 6.45) is 0. The molecular formula is C74H58N2. The van der Waals surface area contributed by atoms with Crippen molar-refractivity contribution in [2.75, 3.05) is 9.80 Å². The Labute approximate surface area is 446 Å². The van der Waals surface area contributed by atoms with Crippen LogP contribution in [0.25, 0.3) is 76.5 Å². The first kappa shape index (κ1) is 44.7. The molecule has 0 aliphatic heterocycles. The molecular weight excluding hydrogens is 917 g/mol. The molecule has 0 heterocycles. The van der Waals surface area contributed by atoms with Crippen LogP contribution in [0.3, 0.4) is 0 Å². The fourth-order valence-electron chi connectivity index (χ4n) is 14.2. The first-order valence-corrected chi connectivity index (χ1v) is 27.1. The molecule has 15 rings (SSSR count). The Morgan fingerprint density at radius 1 is 0.263 bits per heavy atom.